The predicted molar refractivity (Wildman–Crippen MR) is 56.7 cm³/mol. The van der Waals surface area contributed by atoms with Crippen LogP contribution in [-0.4, -0.2) is 43.8 Å². The molecule has 0 spiro atoms. The molecular weight excluding hydrogens is 212 g/mol. The molecule has 5 heteroatoms. The van der Waals surface area contributed by atoms with Crippen LogP contribution in [0.4, 0.5) is 0 Å². The zero-order valence-corrected chi connectivity index (χ0v) is 10.1. The van der Waals surface area contributed by atoms with E-state index in [0.717, 1.165) is 0 Å². The number of aliphatic hydroxyl groups excluding tert-OH is 1. The summed E-state index contributed by atoms with van der Waals surface area (Å²) in [5.41, 5.74) is -0.612. The molecule has 0 amide bonds. The maximum absolute atomic E-state index is 11.3. The summed E-state index contributed by atoms with van der Waals surface area (Å²) in [5.74, 6) is -0.623. The quantitative estimate of drug-likeness (QED) is 0.517. The molecule has 5 nitrogen and oxygen atoms in total. The summed E-state index contributed by atoms with van der Waals surface area (Å²) < 4.78 is 15.4. The molecule has 1 aliphatic rings. The predicted octanol–water partition coefficient (Wildman–Crippen LogP) is 0.700. The molecule has 0 saturated heterocycles. The fraction of sp³-hybridized carbons (Fsp3) is 0.909. The van der Waals surface area contributed by atoms with Crippen molar-refractivity contribution in [2.24, 2.45) is 5.41 Å². The first-order chi connectivity index (χ1) is 7.62. The highest BCUT2D eigenvalue weighted by atomic mass is 16.7. The van der Waals surface area contributed by atoms with Crippen molar-refractivity contribution in [3.05, 3.63) is 0 Å². The Morgan fingerprint density at radius 1 is 1.31 bits per heavy atom. The van der Waals surface area contributed by atoms with Crippen LogP contribution in [0.15, 0.2) is 0 Å². The van der Waals surface area contributed by atoms with Gasteiger partial charge >= 0.3 is 5.97 Å². The van der Waals surface area contributed by atoms with E-state index in [4.69, 9.17) is 9.47 Å². The van der Waals surface area contributed by atoms with E-state index in [2.05, 4.69) is 4.74 Å². The van der Waals surface area contributed by atoms with Crippen LogP contribution in [0.3, 0.4) is 0 Å². The number of carbonyl (C=O) groups excluding carboxylic acids is 1. The van der Waals surface area contributed by atoms with E-state index in [1.165, 1.54) is 7.11 Å². The van der Waals surface area contributed by atoms with Crippen molar-refractivity contribution in [3.8, 4) is 0 Å². The Morgan fingerprint density at radius 3 is 2.12 bits per heavy atom. The summed E-state index contributed by atoms with van der Waals surface area (Å²) in [6, 6.07) is 0. The molecule has 0 heterocycles. The van der Waals surface area contributed by atoms with Gasteiger partial charge in [0.15, 0.2) is 12.4 Å². The first kappa shape index (κ1) is 13.4. The molecule has 16 heavy (non-hydrogen) atoms. The average Bonchev–Trinajstić information content (AvgIpc) is 3.08. The molecule has 1 fully saturated rings. The molecule has 1 saturated carbocycles. The topological polar surface area (TPSA) is 65.0 Å². The molecule has 1 unspecified atom stereocenters. The van der Waals surface area contributed by atoms with E-state index in [-0.39, 0.29) is 0 Å². The van der Waals surface area contributed by atoms with Gasteiger partial charge in [0.25, 0.3) is 0 Å². The van der Waals surface area contributed by atoms with Crippen molar-refractivity contribution >= 4 is 5.97 Å². The van der Waals surface area contributed by atoms with Crippen molar-refractivity contribution in [1.82, 2.24) is 0 Å². The van der Waals surface area contributed by atoms with Gasteiger partial charge in [0.2, 0.25) is 0 Å². The highest BCUT2D eigenvalue weighted by molar-refractivity contribution is 5.76. The lowest BCUT2D eigenvalue weighted by molar-refractivity contribution is -0.205. The Morgan fingerprint density at radius 2 is 1.81 bits per heavy atom. The smallest absolute Gasteiger partial charge is 0.335 e. The van der Waals surface area contributed by atoms with Crippen LogP contribution in [0, 0.1) is 5.41 Å². The first-order valence-electron chi connectivity index (χ1n) is 5.61. The summed E-state index contributed by atoms with van der Waals surface area (Å²) >= 11 is 0. The Bertz CT molecular complexity index is 231. The third-order valence-electron chi connectivity index (χ3n) is 2.90. The van der Waals surface area contributed by atoms with E-state index < -0.39 is 23.8 Å². The van der Waals surface area contributed by atoms with Crippen LogP contribution < -0.4 is 0 Å². The highest BCUT2D eigenvalue weighted by Gasteiger charge is 2.59. The molecule has 0 bridgehead atoms. The summed E-state index contributed by atoms with van der Waals surface area (Å²) in [7, 11) is 1.26. The SMILES string of the molecule is CCOC(OCC)C1(C(O)C(=O)OC)CC1. The Hall–Kier alpha value is -0.650. The Labute approximate surface area is 95.7 Å². The molecule has 1 aliphatic carbocycles. The van der Waals surface area contributed by atoms with Gasteiger partial charge in [-0.05, 0) is 26.7 Å². The zero-order valence-electron chi connectivity index (χ0n) is 10.1. The van der Waals surface area contributed by atoms with Gasteiger partial charge in [-0.3, -0.25) is 0 Å². The molecule has 0 aromatic carbocycles. The highest BCUT2D eigenvalue weighted by Crippen LogP contribution is 2.53. The lowest BCUT2D eigenvalue weighted by Crippen LogP contribution is -2.42. The van der Waals surface area contributed by atoms with Crippen LogP contribution in [0.1, 0.15) is 26.7 Å². The van der Waals surface area contributed by atoms with Crippen LogP contribution in [0.2, 0.25) is 0 Å². The largest absolute Gasteiger partial charge is 0.467 e. The van der Waals surface area contributed by atoms with Gasteiger partial charge in [-0.25, -0.2) is 4.79 Å². The molecule has 0 aliphatic heterocycles. The van der Waals surface area contributed by atoms with Gasteiger partial charge in [0.1, 0.15) is 0 Å². The van der Waals surface area contributed by atoms with E-state index >= 15 is 0 Å². The minimum Gasteiger partial charge on any atom is -0.467 e. The number of rotatable bonds is 7. The normalized spacial score (nSPS) is 19.6. The third-order valence-corrected chi connectivity index (χ3v) is 2.90. The van der Waals surface area contributed by atoms with E-state index in [0.29, 0.717) is 26.1 Å². The third kappa shape index (κ3) is 2.53. The Kier molecular flexibility index (Phi) is 4.70. The molecule has 1 atom stereocenters. The molecule has 1 N–H and O–H groups in total. The zero-order chi connectivity index (χ0) is 12.2. The molecular formula is C11H20O5. The first-order valence-corrected chi connectivity index (χ1v) is 5.61. The maximum atomic E-state index is 11.3. The van der Waals surface area contributed by atoms with Crippen LogP contribution in [0.25, 0.3) is 0 Å². The minimum absolute atomic E-state index is 0.486. The number of carbonyl (C=O) groups is 1. The van der Waals surface area contributed by atoms with Gasteiger partial charge in [-0.15, -0.1) is 0 Å². The number of esters is 1. The number of hydrogen-bond acceptors (Lipinski definition) is 5. The van der Waals surface area contributed by atoms with Gasteiger partial charge < -0.3 is 19.3 Å². The number of hydrogen-bond donors (Lipinski definition) is 1. The summed E-state index contributed by atoms with van der Waals surface area (Å²) in [6.45, 7) is 4.68. The van der Waals surface area contributed by atoms with Crippen molar-refractivity contribution < 1.29 is 24.1 Å². The van der Waals surface area contributed by atoms with Gasteiger partial charge in [-0.1, -0.05) is 0 Å². The fourth-order valence-corrected chi connectivity index (χ4v) is 1.81. The summed E-state index contributed by atoms with van der Waals surface area (Å²) in [6.07, 6.45) is -0.265. The second kappa shape index (κ2) is 5.61. The number of methoxy groups -OCH3 is 1. The Balaban J connectivity index is 2.69. The number of ether oxygens (including phenoxy) is 3. The van der Waals surface area contributed by atoms with E-state index in [1.807, 2.05) is 13.8 Å². The van der Waals surface area contributed by atoms with Crippen molar-refractivity contribution in [2.75, 3.05) is 20.3 Å². The summed E-state index contributed by atoms with van der Waals surface area (Å²) in [5, 5.41) is 9.90. The van der Waals surface area contributed by atoms with E-state index in [9.17, 15) is 9.90 Å². The van der Waals surface area contributed by atoms with Gasteiger partial charge in [0, 0.05) is 13.2 Å². The van der Waals surface area contributed by atoms with Crippen LogP contribution in [-0.2, 0) is 19.0 Å². The molecule has 1 rings (SSSR count). The van der Waals surface area contributed by atoms with Crippen LogP contribution >= 0.6 is 0 Å². The second-order valence-electron chi connectivity index (χ2n) is 3.90. The lowest BCUT2D eigenvalue weighted by atomic mass is 9.98. The summed E-state index contributed by atoms with van der Waals surface area (Å²) in [4.78, 5) is 11.3. The fourth-order valence-electron chi connectivity index (χ4n) is 1.81. The maximum Gasteiger partial charge on any atom is 0.335 e. The van der Waals surface area contributed by atoms with Crippen molar-refractivity contribution in [3.63, 3.8) is 0 Å². The van der Waals surface area contributed by atoms with Crippen molar-refractivity contribution in [2.45, 2.75) is 39.1 Å². The molecule has 0 aromatic rings. The standard InChI is InChI=1S/C11H20O5/c1-4-15-10(16-5-2)11(6-7-11)8(12)9(13)14-3/h8,10,12H,4-7H2,1-3H3. The molecule has 94 valence electrons. The molecule has 0 aromatic heterocycles. The number of aliphatic hydroxyl groups is 1. The van der Waals surface area contributed by atoms with E-state index in [1.54, 1.807) is 0 Å². The van der Waals surface area contributed by atoms with Crippen LogP contribution in [0.5, 0.6) is 0 Å². The van der Waals surface area contributed by atoms with Gasteiger partial charge in [-0.2, -0.15) is 0 Å². The lowest BCUT2D eigenvalue weighted by Gasteiger charge is -2.29. The average molecular weight is 232 g/mol. The molecule has 0 radical (unpaired) electrons. The van der Waals surface area contributed by atoms with Crippen molar-refractivity contribution in [1.29, 1.82) is 0 Å². The van der Waals surface area contributed by atoms with Gasteiger partial charge in [0.05, 0.1) is 12.5 Å². The monoisotopic (exact) mass is 232 g/mol. The minimum atomic E-state index is -1.17. The second-order valence-corrected chi connectivity index (χ2v) is 3.90.